The third kappa shape index (κ3) is 4.13. The highest BCUT2D eigenvalue weighted by molar-refractivity contribution is 5.93. The predicted molar refractivity (Wildman–Crippen MR) is 97.4 cm³/mol. The number of hydrogen-bond donors (Lipinski definition) is 2. The minimum atomic E-state index is -0.276. The van der Waals surface area contributed by atoms with Gasteiger partial charge in [0.05, 0.1) is 18.7 Å². The molecule has 134 valence electrons. The molecule has 0 saturated carbocycles. The van der Waals surface area contributed by atoms with Gasteiger partial charge in [0.1, 0.15) is 13.2 Å². The minimum absolute atomic E-state index is 0.102. The maximum absolute atomic E-state index is 12.5. The molecule has 2 aromatic carbocycles. The first-order chi connectivity index (χ1) is 12.6. The number of rotatable bonds is 5. The van der Waals surface area contributed by atoms with E-state index in [0.717, 1.165) is 16.4 Å². The molecule has 2 aromatic rings. The lowest BCUT2D eigenvalue weighted by molar-refractivity contribution is -0.896. The molecule has 3 atom stereocenters. The monoisotopic (exact) mass is 352 g/mol. The number of amides is 1. The summed E-state index contributed by atoms with van der Waals surface area (Å²) < 4.78 is 11.7. The second-order valence-corrected chi connectivity index (χ2v) is 6.45. The second-order valence-electron chi connectivity index (χ2n) is 6.45. The molecule has 0 aromatic heterocycles. The van der Waals surface area contributed by atoms with Crippen LogP contribution in [-0.4, -0.2) is 38.3 Å². The molecule has 6 nitrogen and oxygen atoms in total. The average molecular weight is 352 g/mol. The van der Waals surface area contributed by atoms with Crippen molar-refractivity contribution >= 4 is 11.6 Å². The van der Waals surface area contributed by atoms with E-state index >= 15 is 0 Å². The van der Waals surface area contributed by atoms with Crippen molar-refractivity contribution in [1.82, 2.24) is 0 Å². The van der Waals surface area contributed by atoms with Gasteiger partial charge in [-0.2, -0.15) is 5.26 Å². The van der Waals surface area contributed by atoms with Crippen LogP contribution >= 0.6 is 0 Å². The number of ether oxygens (including phenoxy) is 2. The molecule has 0 bridgehead atoms. The zero-order valence-electron chi connectivity index (χ0n) is 14.9. The van der Waals surface area contributed by atoms with Gasteiger partial charge in [-0.25, -0.2) is 0 Å². The van der Waals surface area contributed by atoms with Crippen LogP contribution < -0.4 is 19.7 Å². The average Bonchev–Trinajstić information content (AvgIpc) is 2.67. The van der Waals surface area contributed by atoms with Crippen LogP contribution in [0.2, 0.25) is 0 Å². The molecular formula is C20H22N3O3+. The van der Waals surface area contributed by atoms with Crippen LogP contribution in [-0.2, 0) is 4.79 Å². The Hall–Kier alpha value is -3.04. The van der Waals surface area contributed by atoms with Gasteiger partial charge in [-0.1, -0.05) is 18.2 Å². The van der Waals surface area contributed by atoms with Gasteiger partial charge >= 0.3 is 0 Å². The topological polar surface area (TPSA) is 75.8 Å². The molecule has 0 aliphatic carbocycles. The highest BCUT2D eigenvalue weighted by atomic mass is 16.6. The Morgan fingerprint density at radius 3 is 2.85 bits per heavy atom. The molecule has 0 fully saturated rings. The highest BCUT2D eigenvalue weighted by Gasteiger charge is 2.28. The fourth-order valence-electron chi connectivity index (χ4n) is 2.84. The molecule has 0 saturated heterocycles. The Morgan fingerprint density at radius 1 is 1.31 bits per heavy atom. The molecule has 1 unspecified atom stereocenters. The first kappa shape index (κ1) is 17.8. The van der Waals surface area contributed by atoms with E-state index in [0.29, 0.717) is 24.4 Å². The van der Waals surface area contributed by atoms with Crippen molar-refractivity contribution in [3.8, 4) is 17.6 Å². The summed E-state index contributed by atoms with van der Waals surface area (Å²) in [6.07, 6.45) is -0.109. The quantitative estimate of drug-likeness (QED) is 0.849. The Morgan fingerprint density at radius 2 is 2.08 bits per heavy atom. The van der Waals surface area contributed by atoms with E-state index in [9.17, 15) is 4.79 Å². The van der Waals surface area contributed by atoms with Crippen LogP contribution in [0.25, 0.3) is 0 Å². The number of quaternary nitrogens is 1. The van der Waals surface area contributed by atoms with E-state index in [1.54, 1.807) is 24.3 Å². The third-order valence-corrected chi connectivity index (χ3v) is 4.51. The first-order valence-electron chi connectivity index (χ1n) is 8.58. The van der Waals surface area contributed by atoms with E-state index in [-0.39, 0.29) is 18.1 Å². The van der Waals surface area contributed by atoms with Crippen LogP contribution in [0, 0.1) is 11.3 Å². The molecule has 3 rings (SSSR count). The normalized spacial score (nSPS) is 17.7. The number of hydrogen-bond acceptors (Lipinski definition) is 4. The largest absolute Gasteiger partial charge is 0.486 e. The van der Waals surface area contributed by atoms with E-state index in [1.807, 2.05) is 38.2 Å². The Labute approximate surface area is 152 Å². The van der Waals surface area contributed by atoms with Crippen molar-refractivity contribution in [2.75, 3.05) is 25.5 Å². The number of para-hydroxylation sites is 2. The van der Waals surface area contributed by atoms with Crippen LogP contribution in [0.3, 0.4) is 0 Å². The SMILES string of the molecule is C[C@H](C(=O)Nc1cccc(C#N)c1)[NH+](C)C[C@@H]1COc2ccccc2O1. The lowest BCUT2D eigenvalue weighted by Gasteiger charge is -2.29. The summed E-state index contributed by atoms with van der Waals surface area (Å²) in [5, 5.41) is 11.8. The van der Waals surface area contributed by atoms with E-state index in [2.05, 4.69) is 11.4 Å². The smallest absolute Gasteiger partial charge is 0.282 e. The fraction of sp³-hybridized carbons (Fsp3) is 0.300. The van der Waals surface area contributed by atoms with Gasteiger partial charge in [0, 0.05) is 5.69 Å². The van der Waals surface area contributed by atoms with E-state index < -0.39 is 0 Å². The Balaban J connectivity index is 1.56. The number of likely N-dealkylation sites (N-methyl/N-ethyl adjacent to an activating group) is 1. The third-order valence-electron chi connectivity index (χ3n) is 4.51. The van der Waals surface area contributed by atoms with E-state index in [4.69, 9.17) is 14.7 Å². The number of carbonyl (C=O) groups excluding carboxylic acids is 1. The van der Waals surface area contributed by atoms with Gasteiger partial charge in [0.2, 0.25) is 0 Å². The van der Waals surface area contributed by atoms with Crippen molar-refractivity contribution < 1.29 is 19.2 Å². The standard InChI is InChI=1S/C20H21N3O3/c1-14(20(24)22-16-7-5-6-15(10-16)11-21)23(2)12-17-13-25-18-8-3-4-9-19(18)26-17/h3-10,14,17H,12-13H2,1-2H3,(H,22,24)/p+1/t14-,17-/m1/s1. The number of carbonyl (C=O) groups is 1. The summed E-state index contributed by atoms with van der Waals surface area (Å²) in [6, 6.07) is 16.3. The van der Waals surface area contributed by atoms with Crippen molar-refractivity contribution in [2.24, 2.45) is 0 Å². The Bertz CT molecular complexity index is 831. The molecule has 26 heavy (non-hydrogen) atoms. The van der Waals surface area contributed by atoms with Gasteiger partial charge in [-0.15, -0.1) is 0 Å². The summed E-state index contributed by atoms with van der Waals surface area (Å²) in [5.74, 6) is 1.39. The van der Waals surface area contributed by atoms with Gasteiger partial charge < -0.3 is 19.7 Å². The van der Waals surface area contributed by atoms with Crippen LogP contribution in [0.5, 0.6) is 11.5 Å². The zero-order valence-corrected chi connectivity index (χ0v) is 14.9. The minimum Gasteiger partial charge on any atom is -0.486 e. The number of benzene rings is 2. The van der Waals surface area contributed by atoms with E-state index in [1.165, 1.54) is 0 Å². The van der Waals surface area contributed by atoms with Crippen LogP contribution in [0.15, 0.2) is 48.5 Å². The predicted octanol–water partition coefficient (Wildman–Crippen LogP) is 1.24. The molecule has 2 N–H and O–H groups in total. The molecule has 1 amide bonds. The molecular weight excluding hydrogens is 330 g/mol. The van der Waals surface area contributed by atoms with Crippen molar-refractivity contribution in [2.45, 2.75) is 19.1 Å². The second kappa shape index (κ2) is 7.89. The lowest BCUT2D eigenvalue weighted by Crippen LogP contribution is -3.15. The molecule has 6 heteroatoms. The van der Waals surface area contributed by atoms with Crippen LogP contribution in [0.4, 0.5) is 5.69 Å². The molecule has 0 radical (unpaired) electrons. The number of anilines is 1. The fourth-order valence-corrected chi connectivity index (χ4v) is 2.84. The maximum Gasteiger partial charge on any atom is 0.282 e. The van der Waals surface area contributed by atoms with Gasteiger partial charge in [0.15, 0.2) is 23.6 Å². The molecule has 0 spiro atoms. The summed E-state index contributed by atoms with van der Waals surface area (Å²) >= 11 is 0. The lowest BCUT2D eigenvalue weighted by atomic mass is 10.2. The van der Waals surface area contributed by atoms with Crippen molar-refractivity contribution in [1.29, 1.82) is 5.26 Å². The molecule has 1 heterocycles. The van der Waals surface area contributed by atoms with Gasteiger partial charge in [0.25, 0.3) is 5.91 Å². The zero-order chi connectivity index (χ0) is 18.5. The van der Waals surface area contributed by atoms with Gasteiger partial charge in [-0.3, -0.25) is 4.79 Å². The maximum atomic E-state index is 12.5. The number of nitrogens with zero attached hydrogens (tertiary/aromatic N) is 1. The van der Waals surface area contributed by atoms with Crippen LogP contribution in [0.1, 0.15) is 12.5 Å². The number of nitriles is 1. The first-order valence-corrected chi connectivity index (χ1v) is 8.58. The van der Waals surface area contributed by atoms with Crippen molar-refractivity contribution in [3.05, 3.63) is 54.1 Å². The van der Waals surface area contributed by atoms with Gasteiger partial charge in [-0.05, 0) is 37.3 Å². The molecule has 1 aliphatic rings. The summed E-state index contributed by atoms with van der Waals surface area (Å²) in [5.41, 5.74) is 1.14. The number of fused-ring (bicyclic) bond motifs is 1. The highest BCUT2D eigenvalue weighted by Crippen LogP contribution is 2.30. The molecule has 1 aliphatic heterocycles. The summed E-state index contributed by atoms with van der Waals surface area (Å²) in [6.45, 7) is 2.98. The summed E-state index contributed by atoms with van der Waals surface area (Å²) in [7, 11) is 1.96. The summed E-state index contributed by atoms with van der Waals surface area (Å²) in [4.78, 5) is 13.5. The Kier molecular flexibility index (Phi) is 5.40. The number of nitrogens with one attached hydrogen (secondary N) is 2. The van der Waals surface area contributed by atoms with Crippen molar-refractivity contribution in [3.63, 3.8) is 0 Å².